The maximum absolute atomic E-state index is 13.2. The fourth-order valence-electron chi connectivity index (χ4n) is 4.61. The van der Waals surface area contributed by atoms with Gasteiger partial charge in [0.1, 0.15) is 12.1 Å². The van der Waals surface area contributed by atoms with Gasteiger partial charge in [0.25, 0.3) is 0 Å². The molecule has 2 aliphatic rings. The molecular weight excluding hydrogens is 352 g/mol. The lowest BCUT2D eigenvalue weighted by Gasteiger charge is -2.47. The van der Waals surface area contributed by atoms with Crippen molar-refractivity contribution < 1.29 is 9.21 Å². The van der Waals surface area contributed by atoms with Crippen LogP contribution in [0, 0.1) is 0 Å². The third-order valence-corrected chi connectivity index (χ3v) is 6.03. The number of fused-ring (bicyclic) bond motifs is 2. The van der Waals surface area contributed by atoms with Crippen LogP contribution in [0.15, 0.2) is 65.8 Å². The standard InChI is InChI=1S/C22H22N4O2/c27-21-12-22(7-9-25(10-8-22)15-18-4-3-11-28-18)19-5-1-2-6-20(19)26(21)17-13-23-16-24-14-17/h1-6,11,13-14,16H,7-10,12,15H2. The van der Waals surface area contributed by atoms with E-state index in [9.17, 15) is 4.79 Å². The summed E-state index contributed by atoms with van der Waals surface area (Å²) < 4.78 is 5.50. The molecule has 1 saturated heterocycles. The summed E-state index contributed by atoms with van der Waals surface area (Å²) in [5, 5.41) is 0. The topological polar surface area (TPSA) is 62.5 Å². The molecule has 0 aliphatic carbocycles. The zero-order chi connectivity index (χ0) is 19.0. The summed E-state index contributed by atoms with van der Waals surface area (Å²) >= 11 is 0. The van der Waals surface area contributed by atoms with Gasteiger partial charge in [-0.15, -0.1) is 0 Å². The SMILES string of the molecule is O=C1CC2(CCN(Cc3ccco3)CC2)c2ccccc2N1c1cncnc1. The maximum atomic E-state index is 13.2. The van der Waals surface area contributed by atoms with Gasteiger partial charge in [0.15, 0.2) is 0 Å². The van der Waals surface area contributed by atoms with Crippen LogP contribution >= 0.6 is 0 Å². The molecule has 5 rings (SSSR count). The number of likely N-dealkylation sites (tertiary alicyclic amines) is 1. The molecule has 2 aliphatic heterocycles. The number of carbonyl (C=O) groups excluding carboxylic acids is 1. The average Bonchev–Trinajstić information content (AvgIpc) is 3.24. The molecule has 0 unspecified atom stereocenters. The Morgan fingerprint density at radius 3 is 2.57 bits per heavy atom. The summed E-state index contributed by atoms with van der Waals surface area (Å²) in [4.78, 5) is 25.6. The van der Waals surface area contributed by atoms with E-state index in [-0.39, 0.29) is 11.3 Å². The molecule has 6 heteroatoms. The first-order valence-electron chi connectivity index (χ1n) is 9.67. The van der Waals surface area contributed by atoms with E-state index >= 15 is 0 Å². The quantitative estimate of drug-likeness (QED) is 0.700. The van der Waals surface area contributed by atoms with Crippen LogP contribution in [0.4, 0.5) is 11.4 Å². The molecule has 6 nitrogen and oxygen atoms in total. The number of rotatable bonds is 3. The van der Waals surface area contributed by atoms with Crippen molar-refractivity contribution in [3.8, 4) is 0 Å². The van der Waals surface area contributed by atoms with Crippen molar-refractivity contribution in [2.75, 3.05) is 18.0 Å². The number of aromatic nitrogens is 2. The van der Waals surface area contributed by atoms with Gasteiger partial charge in [0.2, 0.25) is 5.91 Å². The number of anilines is 2. The van der Waals surface area contributed by atoms with E-state index < -0.39 is 0 Å². The first-order valence-corrected chi connectivity index (χ1v) is 9.67. The van der Waals surface area contributed by atoms with Gasteiger partial charge in [-0.1, -0.05) is 18.2 Å². The highest BCUT2D eigenvalue weighted by atomic mass is 16.3. The lowest BCUT2D eigenvalue weighted by molar-refractivity contribution is -0.120. The van der Waals surface area contributed by atoms with Crippen molar-refractivity contribution >= 4 is 17.3 Å². The highest BCUT2D eigenvalue weighted by Crippen LogP contribution is 2.48. The first-order chi connectivity index (χ1) is 13.8. The number of furan rings is 1. The molecule has 1 aromatic carbocycles. The Morgan fingerprint density at radius 2 is 1.82 bits per heavy atom. The lowest BCUT2D eigenvalue weighted by atomic mass is 9.67. The highest BCUT2D eigenvalue weighted by molar-refractivity contribution is 6.04. The molecule has 4 heterocycles. The Bertz CT molecular complexity index is 963. The third kappa shape index (κ3) is 2.90. The van der Waals surface area contributed by atoms with Gasteiger partial charge >= 0.3 is 0 Å². The van der Waals surface area contributed by atoms with Crippen LogP contribution in [0.1, 0.15) is 30.6 Å². The molecule has 3 aromatic rings. The fourth-order valence-corrected chi connectivity index (χ4v) is 4.61. The van der Waals surface area contributed by atoms with Crippen LogP contribution in [0.5, 0.6) is 0 Å². The smallest absolute Gasteiger partial charge is 0.232 e. The number of piperidine rings is 1. The van der Waals surface area contributed by atoms with Crippen molar-refractivity contribution in [2.24, 2.45) is 0 Å². The summed E-state index contributed by atoms with van der Waals surface area (Å²) in [6.45, 7) is 2.74. The summed E-state index contributed by atoms with van der Waals surface area (Å²) in [6.07, 6.45) is 9.06. The van der Waals surface area contributed by atoms with E-state index in [1.165, 1.54) is 11.9 Å². The number of carbonyl (C=O) groups is 1. The fraction of sp³-hybridized carbons (Fsp3) is 0.318. The number of hydrogen-bond acceptors (Lipinski definition) is 5. The minimum absolute atomic E-state index is 0.0977. The van der Waals surface area contributed by atoms with Gasteiger partial charge in [-0.2, -0.15) is 0 Å². The number of amides is 1. The van der Waals surface area contributed by atoms with Crippen LogP contribution in [0.3, 0.4) is 0 Å². The number of benzene rings is 1. The molecule has 1 spiro atoms. The molecule has 0 atom stereocenters. The van der Waals surface area contributed by atoms with Gasteiger partial charge in [-0.25, -0.2) is 9.97 Å². The number of nitrogens with zero attached hydrogens (tertiary/aromatic N) is 4. The molecule has 2 aromatic heterocycles. The van der Waals surface area contributed by atoms with Crippen molar-refractivity contribution in [1.29, 1.82) is 0 Å². The second kappa shape index (κ2) is 6.87. The van der Waals surface area contributed by atoms with Gasteiger partial charge in [0.05, 0.1) is 36.6 Å². The summed E-state index contributed by atoms with van der Waals surface area (Å²) in [7, 11) is 0. The Kier molecular flexibility index (Phi) is 4.20. The molecule has 0 saturated carbocycles. The average molecular weight is 374 g/mol. The largest absolute Gasteiger partial charge is 0.468 e. The van der Waals surface area contributed by atoms with Gasteiger partial charge in [0, 0.05) is 11.8 Å². The van der Waals surface area contributed by atoms with Crippen LogP contribution in [0.2, 0.25) is 0 Å². The second-order valence-electron chi connectivity index (χ2n) is 7.66. The molecule has 0 bridgehead atoms. The van der Waals surface area contributed by atoms with E-state index in [1.54, 1.807) is 23.6 Å². The second-order valence-corrected chi connectivity index (χ2v) is 7.66. The minimum Gasteiger partial charge on any atom is -0.468 e. The molecule has 0 N–H and O–H groups in total. The van der Waals surface area contributed by atoms with Crippen LogP contribution < -0.4 is 4.90 Å². The number of hydrogen-bond donors (Lipinski definition) is 0. The van der Waals surface area contributed by atoms with E-state index in [4.69, 9.17) is 4.42 Å². The van der Waals surface area contributed by atoms with Crippen LogP contribution in [-0.4, -0.2) is 33.9 Å². The van der Waals surface area contributed by atoms with Gasteiger partial charge in [-0.05, 0) is 49.7 Å². The highest BCUT2D eigenvalue weighted by Gasteiger charge is 2.45. The molecular formula is C22H22N4O2. The minimum atomic E-state index is -0.0977. The molecule has 0 radical (unpaired) electrons. The molecule has 28 heavy (non-hydrogen) atoms. The lowest BCUT2D eigenvalue weighted by Crippen LogP contribution is -2.48. The van der Waals surface area contributed by atoms with E-state index in [2.05, 4.69) is 27.0 Å². The zero-order valence-corrected chi connectivity index (χ0v) is 15.6. The van der Waals surface area contributed by atoms with Crippen LogP contribution in [-0.2, 0) is 16.8 Å². The summed E-state index contributed by atoms with van der Waals surface area (Å²) in [5.41, 5.74) is 2.86. The van der Waals surface area contributed by atoms with E-state index in [0.29, 0.717) is 6.42 Å². The maximum Gasteiger partial charge on any atom is 0.232 e. The molecule has 1 fully saturated rings. The van der Waals surface area contributed by atoms with Crippen molar-refractivity contribution in [3.05, 3.63) is 72.7 Å². The Balaban J connectivity index is 1.44. The van der Waals surface area contributed by atoms with Gasteiger partial charge in [-0.3, -0.25) is 14.6 Å². The Labute approximate surface area is 163 Å². The van der Waals surface area contributed by atoms with Gasteiger partial charge < -0.3 is 4.42 Å². The van der Waals surface area contributed by atoms with Crippen molar-refractivity contribution in [2.45, 2.75) is 31.2 Å². The van der Waals surface area contributed by atoms with E-state index in [0.717, 1.165) is 49.6 Å². The Morgan fingerprint density at radius 1 is 1.04 bits per heavy atom. The third-order valence-electron chi connectivity index (χ3n) is 6.03. The summed E-state index contributed by atoms with van der Waals surface area (Å²) in [5.74, 6) is 1.11. The van der Waals surface area contributed by atoms with Crippen molar-refractivity contribution in [1.82, 2.24) is 14.9 Å². The summed E-state index contributed by atoms with van der Waals surface area (Å²) in [6, 6.07) is 12.2. The van der Waals surface area contributed by atoms with Crippen LogP contribution in [0.25, 0.3) is 0 Å². The Hall–Kier alpha value is -2.99. The normalized spacial score (nSPS) is 19.0. The predicted molar refractivity (Wildman–Crippen MR) is 105 cm³/mol. The molecule has 142 valence electrons. The van der Waals surface area contributed by atoms with Crippen molar-refractivity contribution in [3.63, 3.8) is 0 Å². The first kappa shape index (κ1) is 17.1. The molecule has 1 amide bonds. The number of para-hydroxylation sites is 1. The monoisotopic (exact) mass is 374 g/mol. The predicted octanol–water partition coefficient (Wildman–Crippen LogP) is 3.67. The van der Waals surface area contributed by atoms with E-state index in [1.807, 2.05) is 24.3 Å². The zero-order valence-electron chi connectivity index (χ0n) is 15.6.